The van der Waals surface area contributed by atoms with Crippen molar-refractivity contribution in [2.45, 2.75) is 6.54 Å². The van der Waals surface area contributed by atoms with Crippen LogP contribution in [0, 0.1) is 0 Å². The molecule has 4 nitrogen and oxygen atoms in total. The van der Waals surface area contributed by atoms with E-state index in [1.807, 2.05) is 24.3 Å². The third-order valence-electron chi connectivity index (χ3n) is 2.74. The van der Waals surface area contributed by atoms with E-state index in [9.17, 15) is 9.59 Å². The van der Waals surface area contributed by atoms with Gasteiger partial charge < -0.3 is 10.0 Å². The highest BCUT2D eigenvalue weighted by Crippen LogP contribution is 2.21. The first-order chi connectivity index (χ1) is 9.49. The Hall–Kier alpha value is -1.66. The van der Waals surface area contributed by atoms with Crippen LogP contribution in [0.2, 0.25) is 0 Å². The van der Waals surface area contributed by atoms with Crippen LogP contribution in [-0.4, -0.2) is 28.9 Å². The number of hydrogen-bond acceptors (Lipinski definition) is 3. The Bertz CT molecular complexity index is 653. The highest BCUT2D eigenvalue weighted by molar-refractivity contribution is 9.10. The first-order valence-corrected chi connectivity index (χ1v) is 7.42. The minimum absolute atomic E-state index is 0.169. The van der Waals surface area contributed by atoms with E-state index in [2.05, 4.69) is 15.9 Å². The fraction of sp³-hybridized carbons (Fsp3) is 0.143. The largest absolute Gasteiger partial charge is 0.477 e. The van der Waals surface area contributed by atoms with Gasteiger partial charge in [-0.25, -0.2) is 4.79 Å². The summed E-state index contributed by atoms with van der Waals surface area (Å²) in [5.74, 6) is -1.19. The maximum atomic E-state index is 12.2. The van der Waals surface area contributed by atoms with Crippen molar-refractivity contribution in [3.63, 3.8) is 0 Å². The third-order valence-corrected chi connectivity index (χ3v) is 4.57. The van der Waals surface area contributed by atoms with Gasteiger partial charge in [0.25, 0.3) is 5.91 Å². The van der Waals surface area contributed by atoms with Crippen LogP contribution < -0.4 is 0 Å². The first kappa shape index (κ1) is 14.7. The molecule has 0 unspecified atom stereocenters. The number of nitrogens with zero attached hydrogens (tertiary/aromatic N) is 1. The molecule has 0 atom stereocenters. The minimum Gasteiger partial charge on any atom is -0.477 e. The quantitative estimate of drug-likeness (QED) is 0.915. The number of benzene rings is 1. The van der Waals surface area contributed by atoms with Crippen molar-refractivity contribution in [3.8, 4) is 0 Å². The normalized spacial score (nSPS) is 10.3. The van der Waals surface area contributed by atoms with Crippen LogP contribution in [0.5, 0.6) is 0 Å². The molecule has 0 saturated carbocycles. The summed E-state index contributed by atoms with van der Waals surface area (Å²) < 4.78 is 0.942. The molecule has 1 aromatic heterocycles. The van der Waals surface area contributed by atoms with Crippen molar-refractivity contribution < 1.29 is 14.7 Å². The van der Waals surface area contributed by atoms with E-state index in [0.29, 0.717) is 11.4 Å². The summed E-state index contributed by atoms with van der Waals surface area (Å²) in [7, 11) is 1.70. The summed E-state index contributed by atoms with van der Waals surface area (Å²) in [4.78, 5) is 25.2. The number of hydrogen-bond donors (Lipinski definition) is 1. The summed E-state index contributed by atoms with van der Waals surface area (Å²) in [5.41, 5.74) is 0.998. The van der Waals surface area contributed by atoms with Gasteiger partial charge in [0.15, 0.2) is 0 Å². The molecule has 0 aliphatic carbocycles. The lowest BCUT2D eigenvalue weighted by Gasteiger charge is -2.17. The van der Waals surface area contributed by atoms with Gasteiger partial charge in [0, 0.05) is 18.1 Å². The maximum Gasteiger partial charge on any atom is 0.345 e. The Morgan fingerprint density at radius 1 is 1.20 bits per heavy atom. The molecule has 0 aliphatic heterocycles. The number of carboxylic acids is 1. The Morgan fingerprint density at radius 2 is 1.85 bits per heavy atom. The van der Waals surface area contributed by atoms with Gasteiger partial charge in [-0.1, -0.05) is 34.1 Å². The molecule has 2 rings (SSSR count). The smallest absolute Gasteiger partial charge is 0.345 e. The topological polar surface area (TPSA) is 57.6 Å². The molecule has 1 aromatic carbocycles. The highest BCUT2D eigenvalue weighted by atomic mass is 79.9. The molecular weight excluding hydrogens is 342 g/mol. The van der Waals surface area contributed by atoms with E-state index in [1.165, 1.54) is 6.07 Å². The monoisotopic (exact) mass is 353 g/mol. The summed E-state index contributed by atoms with van der Waals surface area (Å²) in [6.07, 6.45) is 0. The highest BCUT2D eigenvalue weighted by Gasteiger charge is 2.17. The Labute approximate surface area is 128 Å². The number of carbonyl (C=O) groups is 2. The molecule has 104 valence electrons. The van der Waals surface area contributed by atoms with Gasteiger partial charge in [-0.05, 0) is 23.8 Å². The van der Waals surface area contributed by atoms with Gasteiger partial charge >= 0.3 is 5.97 Å². The zero-order valence-electron chi connectivity index (χ0n) is 10.7. The van der Waals surface area contributed by atoms with Gasteiger partial charge in [0.2, 0.25) is 0 Å². The predicted molar refractivity (Wildman–Crippen MR) is 81.2 cm³/mol. The van der Waals surface area contributed by atoms with E-state index in [4.69, 9.17) is 5.11 Å². The second kappa shape index (κ2) is 6.19. The van der Waals surface area contributed by atoms with Crippen molar-refractivity contribution in [1.82, 2.24) is 4.90 Å². The van der Waals surface area contributed by atoms with Gasteiger partial charge in [-0.3, -0.25) is 4.79 Å². The second-order valence-electron chi connectivity index (χ2n) is 4.22. The third kappa shape index (κ3) is 3.26. The Morgan fingerprint density at radius 3 is 2.45 bits per heavy atom. The minimum atomic E-state index is -1.01. The number of amides is 1. The van der Waals surface area contributed by atoms with Gasteiger partial charge in [-0.2, -0.15) is 0 Å². The first-order valence-electron chi connectivity index (χ1n) is 5.81. The number of carboxylic acid groups (broad SMARTS) is 1. The molecule has 2 aromatic rings. The molecule has 1 N–H and O–H groups in total. The van der Waals surface area contributed by atoms with Crippen molar-refractivity contribution >= 4 is 39.1 Å². The standard InChI is InChI=1S/C14H12BrNO3S/c1-16(8-9-4-2-3-5-10(9)15)13(17)11-6-7-12(20-11)14(18)19/h2-7H,8H2,1H3,(H,18,19). The van der Waals surface area contributed by atoms with Crippen LogP contribution in [0.4, 0.5) is 0 Å². The van der Waals surface area contributed by atoms with Crippen LogP contribution in [0.25, 0.3) is 0 Å². The molecule has 0 fully saturated rings. The molecule has 0 aliphatic rings. The van der Waals surface area contributed by atoms with Crippen LogP contribution in [0.1, 0.15) is 24.9 Å². The molecule has 1 amide bonds. The van der Waals surface area contributed by atoms with Crippen molar-refractivity contribution in [2.75, 3.05) is 7.05 Å². The molecule has 0 bridgehead atoms. The SMILES string of the molecule is CN(Cc1ccccc1Br)C(=O)c1ccc(C(=O)O)s1. The summed E-state index contributed by atoms with van der Waals surface area (Å²) in [5, 5.41) is 8.87. The van der Waals surface area contributed by atoms with E-state index in [0.717, 1.165) is 21.4 Å². The number of aromatic carboxylic acids is 1. The molecule has 1 heterocycles. The van der Waals surface area contributed by atoms with Crippen LogP contribution in [0.15, 0.2) is 40.9 Å². The summed E-state index contributed by atoms with van der Waals surface area (Å²) >= 11 is 4.43. The fourth-order valence-corrected chi connectivity index (χ4v) is 2.96. The van der Waals surface area contributed by atoms with E-state index < -0.39 is 5.97 Å². The lowest BCUT2D eigenvalue weighted by molar-refractivity contribution is 0.0701. The molecule has 0 spiro atoms. The summed E-state index contributed by atoms with van der Waals surface area (Å²) in [6.45, 7) is 0.459. The maximum absolute atomic E-state index is 12.2. The van der Waals surface area contributed by atoms with Crippen LogP contribution in [0.3, 0.4) is 0 Å². The lowest BCUT2D eigenvalue weighted by atomic mass is 10.2. The Balaban J connectivity index is 2.12. The number of halogens is 1. The van der Waals surface area contributed by atoms with Crippen molar-refractivity contribution in [2.24, 2.45) is 0 Å². The van der Waals surface area contributed by atoms with Gasteiger partial charge in [0.1, 0.15) is 4.88 Å². The number of rotatable bonds is 4. The summed E-state index contributed by atoms with van der Waals surface area (Å²) in [6, 6.07) is 10.7. The fourth-order valence-electron chi connectivity index (χ4n) is 1.71. The molecule has 6 heteroatoms. The van der Waals surface area contributed by atoms with E-state index in [1.54, 1.807) is 18.0 Å². The molecule has 0 radical (unpaired) electrons. The van der Waals surface area contributed by atoms with Crippen LogP contribution >= 0.6 is 27.3 Å². The zero-order chi connectivity index (χ0) is 14.7. The predicted octanol–water partition coefficient (Wildman–Crippen LogP) is 3.48. The molecule has 20 heavy (non-hydrogen) atoms. The van der Waals surface area contributed by atoms with Gasteiger partial charge in [-0.15, -0.1) is 11.3 Å². The van der Waals surface area contributed by atoms with E-state index >= 15 is 0 Å². The zero-order valence-corrected chi connectivity index (χ0v) is 13.1. The molecular formula is C14H12BrNO3S. The Kier molecular flexibility index (Phi) is 4.57. The van der Waals surface area contributed by atoms with Crippen LogP contribution in [-0.2, 0) is 6.54 Å². The van der Waals surface area contributed by atoms with E-state index in [-0.39, 0.29) is 10.8 Å². The lowest BCUT2D eigenvalue weighted by Crippen LogP contribution is -2.25. The van der Waals surface area contributed by atoms with Crippen molar-refractivity contribution in [3.05, 3.63) is 56.2 Å². The van der Waals surface area contributed by atoms with Gasteiger partial charge in [0.05, 0.1) is 4.88 Å². The number of thiophene rings is 1. The average Bonchev–Trinajstić information content (AvgIpc) is 2.90. The number of carbonyl (C=O) groups excluding carboxylic acids is 1. The average molecular weight is 354 g/mol. The van der Waals surface area contributed by atoms with Crippen molar-refractivity contribution in [1.29, 1.82) is 0 Å². The second-order valence-corrected chi connectivity index (χ2v) is 6.16. The molecule has 0 saturated heterocycles.